The third-order valence-corrected chi connectivity index (χ3v) is 3.51. The Bertz CT molecular complexity index is 448. The van der Waals surface area contributed by atoms with Crippen LogP contribution in [-0.2, 0) is 4.74 Å². The smallest absolute Gasteiger partial charge is 0.295 e. The molecular formula is C13H18N2O3. The Morgan fingerprint density at radius 1 is 1.56 bits per heavy atom. The lowest BCUT2D eigenvalue weighted by Crippen LogP contribution is -2.21. The number of rotatable bonds is 4. The van der Waals surface area contributed by atoms with E-state index in [2.05, 4.69) is 5.32 Å². The molecule has 1 aliphatic rings. The van der Waals surface area contributed by atoms with E-state index in [-0.39, 0.29) is 16.7 Å². The van der Waals surface area contributed by atoms with E-state index in [1.807, 2.05) is 13.0 Å². The van der Waals surface area contributed by atoms with Crippen LogP contribution in [-0.4, -0.2) is 24.2 Å². The maximum absolute atomic E-state index is 11.0. The highest BCUT2D eigenvalue weighted by Gasteiger charge is 2.25. The van der Waals surface area contributed by atoms with Crippen LogP contribution in [0.15, 0.2) is 18.2 Å². The van der Waals surface area contributed by atoms with Crippen molar-refractivity contribution in [2.45, 2.75) is 26.4 Å². The van der Waals surface area contributed by atoms with Gasteiger partial charge in [0.2, 0.25) is 0 Å². The summed E-state index contributed by atoms with van der Waals surface area (Å²) in [6, 6.07) is 5.34. The number of nitro groups is 1. The second-order valence-corrected chi connectivity index (χ2v) is 4.73. The van der Waals surface area contributed by atoms with E-state index in [0.717, 1.165) is 13.0 Å². The van der Waals surface area contributed by atoms with E-state index in [9.17, 15) is 10.1 Å². The molecule has 98 valence electrons. The number of hydrogen-bond donors (Lipinski definition) is 1. The molecule has 0 saturated carbocycles. The molecule has 18 heavy (non-hydrogen) atoms. The summed E-state index contributed by atoms with van der Waals surface area (Å²) in [5, 5.41) is 14.2. The standard InChI is InChI=1S/C13H18N2O3/c1-9-4-3-5-12(13(9)15(16)17)14-8-11-6-7-18-10(11)2/h3-5,10-11,14H,6-8H2,1-2H3. The quantitative estimate of drug-likeness (QED) is 0.659. The first-order valence-corrected chi connectivity index (χ1v) is 6.19. The summed E-state index contributed by atoms with van der Waals surface area (Å²) in [5.41, 5.74) is 1.45. The van der Waals surface area contributed by atoms with E-state index >= 15 is 0 Å². The molecule has 0 aliphatic carbocycles. The maximum Gasteiger partial charge on any atom is 0.295 e. The molecule has 2 rings (SSSR count). The molecule has 5 heteroatoms. The fourth-order valence-electron chi connectivity index (χ4n) is 2.33. The first kappa shape index (κ1) is 12.8. The van der Waals surface area contributed by atoms with Gasteiger partial charge in [-0.2, -0.15) is 0 Å². The molecule has 1 saturated heterocycles. The van der Waals surface area contributed by atoms with Gasteiger partial charge < -0.3 is 10.1 Å². The van der Waals surface area contributed by atoms with Crippen molar-refractivity contribution in [1.29, 1.82) is 0 Å². The monoisotopic (exact) mass is 250 g/mol. The van der Waals surface area contributed by atoms with Gasteiger partial charge in [-0.25, -0.2) is 0 Å². The fraction of sp³-hybridized carbons (Fsp3) is 0.538. The summed E-state index contributed by atoms with van der Waals surface area (Å²) in [4.78, 5) is 10.7. The Labute approximate surface area is 106 Å². The predicted octanol–water partition coefficient (Wildman–Crippen LogP) is 2.74. The molecule has 1 aromatic carbocycles. The number of aryl methyl sites for hydroxylation is 1. The number of hydrogen-bond acceptors (Lipinski definition) is 4. The normalized spacial score (nSPS) is 23.0. The van der Waals surface area contributed by atoms with Crippen LogP contribution in [0.5, 0.6) is 0 Å². The zero-order valence-corrected chi connectivity index (χ0v) is 10.7. The number of nitro benzene ring substituents is 1. The third kappa shape index (κ3) is 2.61. The number of ether oxygens (including phenoxy) is 1. The van der Waals surface area contributed by atoms with Crippen molar-refractivity contribution in [2.24, 2.45) is 5.92 Å². The first-order chi connectivity index (χ1) is 8.59. The lowest BCUT2D eigenvalue weighted by atomic mass is 10.0. The zero-order valence-electron chi connectivity index (χ0n) is 10.7. The lowest BCUT2D eigenvalue weighted by molar-refractivity contribution is -0.384. The van der Waals surface area contributed by atoms with Crippen LogP contribution in [0.4, 0.5) is 11.4 Å². The van der Waals surface area contributed by atoms with Crippen molar-refractivity contribution in [3.63, 3.8) is 0 Å². The molecule has 2 unspecified atom stereocenters. The van der Waals surface area contributed by atoms with Crippen LogP contribution in [0, 0.1) is 23.0 Å². The van der Waals surface area contributed by atoms with Crippen LogP contribution in [0.1, 0.15) is 18.9 Å². The van der Waals surface area contributed by atoms with Crippen molar-refractivity contribution >= 4 is 11.4 Å². The Morgan fingerprint density at radius 3 is 2.94 bits per heavy atom. The van der Waals surface area contributed by atoms with Gasteiger partial charge in [-0.3, -0.25) is 10.1 Å². The van der Waals surface area contributed by atoms with Crippen LogP contribution < -0.4 is 5.32 Å². The number of nitrogens with one attached hydrogen (secondary N) is 1. The SMILES string of the molecule is Cc1cccc(NCC2CCOC2C)c1[N+](=O)[O-]. The largest absolute Gasteiger partial charge is 0.379 e. The Morgan fingerprint density at radius 2 is 2.33 bits per heavy atom. The number of nitrogens with zero attached hydrogens (tertiary/aromatic N) is 1. The van der Waals surface area contributed by atoms with Gasteiger partial charge in [0.15, 0.2) is 0 Å². The second kappa shape index (κ2) is 5.35. The van der Waals surface area contributed by atoms with Crippen LogP contribution in [0.2, 0.25) is 0 Å². The molecule has 0 amide bonds. The minimum absolute atomic E-state index is 0.170. The molecule has 1 aliphatic heterocycles. The Hall–Kier alpha value is -1.62. The molecule has 1 heterocycles. The average molecular weight is 250 g/mol. The fourth-order valence-corrected chi connectivity index (χ4v) is 2.33. The van der Waals surface area contributed by atoms with E-state index in [1.54, 1.807) is 19.1 Å². The maximum atomic E-state index is 11.0. The van der Waals surface area contributed by atoms with E-state index < -0.39 is 0 Å². The topological polar surface area (TPSA) is 64.4 Å². The van der Waals surface area contributed by atoms with Gasteiger partial charge in [-0.05, 0) is 26.3 Å². The molecule has 1 fully saturated rings. The summed E-state index contributed by atoms with van der Waals surface area (Å²) in [6.07, 6.45) is 1.23. The number of para-hydroxylation sites is 1. The van der Waals surface area contributed by atoms with Gasteiger partial charge >= 0.3 is 0 Å². The van der Waals surface area contributed by atoms with Gasteiger partial charge in [0.25, 0.3) is 5.69 Å². The Kier molecular flexibility index (Phi) is 3.81. The first-order valence-electron chi connectivity index (χ1n) is 6.19. The zero-order chi connectivity index (χ0) is 13.1. The summed E-state index contributed by atoms with van der Waals surface area (Å²) in [6.45, 7) is 5.30. The van der Waals surface area contributed by atoms with Gasteiger partial charge in [0, 0.05) is 24.6 Å². The van der Waals surface area contributed by atoms with Crippen molar-refractivity contribution in [3.8, 4) is 0 Å². The van der Waals surface area contributed by atoms with Gasteiger partial charge in [-0.15, -0.1) is 0 Å². The number of benzene rings is 1. The van der Waals surface area contributed by atoms with E-state index in [1.165, 1.54) is 0 Å². The minimum atomic E-state index is -0.327. The molecule has 5 nitrogen and oxygen atoms in total. The highest BCUT2D eigenvalue weighted by Crippen LogP contribution is 2.29. The molecule has 0 aromatic heterocycles. The summed E-state index contributed by atoms with van der Waals surface area (Å²) in [5.74, 6) is 0.421. The van der Waals surface area contributed by atoms with Crippen molar-refractivity contribution in [2.75, 3.05) is 18.5 Å². The molecule has 1 N–H and O–H groups in total. The van der Waals surface area contributed by atoms with Crippen molar-refractivity contribution < 1.29 is 9.66 Å². The molecule has 0 radical (unpaired) electrons. The van der Waals surface area contributed by atoms with Crippen LogP contribution in [0.25, 0.3) is 0 Å². The predicted molar refractivity (Wildman–Crippen MR) is 69.8 cm³/mol. The lowest BCUT2D eigenvalue weighted by Gasteiger charge is -2.16. The van der Waals surface area contributed by atoms with Crippen molar-refractivity contribution in [3.05, 3.63) is 33.9 Å². The summed E-state index contributed by atoms with van der Waals surface area (Å²) < 4.78 is 5.48. The highest BCUT2D eigenvalue weighted by atomic mass is 16.6. The van der Waals surface area contributed by atoms with Gasteiger partial charge in [0.1, 0.15) is 5.69 Å². The summed E-state index contributed by atoms with van der Waals surface area (Å²) >= 11 is 0. The minimum Gasteiger partial charge on any atom is -0.379 e. The molecule has 2 atom stereocenters. The Balaban J connectivity index is 2.09. The molecule has 0 spiro atoms. The van der Waals surface area contributed by atoms with Crippen LogP contribution in [0.3, 0.4) is 0 Å². The van der Waals surface area contributed by atoms with E-state index in [0.29, 0.717) is 23.7 Å². The third-order valence-electron chi connectivity index (χ3n) is 3.51. The van der Waals surface area contributed by atoms with Crippen molar-refractivity contribution in [1.82, 2.24) is 0 Å². The summed E-state index contributed by atoms with van der Waals surface area (Å²) in [7, 11) is 0. The molecule has 0 bridgehead atoms. The molecule has 1 aromatic rings. The van der Waals surface area contributed by atoms with E-state index in [4.69, 9.17) is 4.74 Å². The van der Waals surface area contributed by atoms with Gasteiger partial charge in [0.05, 0.1) is 11.0 Å². The van der Waals surface area contributed by atoms with Crippen LogP contribution >= 0.6 is 0 Å². The average Bonchev–Trinajstić information content (AvgIpc) is 2.71. The molecular weight excluding hydrogens is 232 g/mol. The van der Waals surface area contributed by atoms with Gasteiger partial charge in [-0.1, -0.05) is 12.1 Å². The highest BCUT2D eigenvalue weighted by molar-refractivity contribution is 5.65. The number of anilines is 1. The second-order valence-electron chi connectivity index (χ2n) is 4.73.